The van der Waals surface area contributed by atoms with Crippen LogP contribution in [0.5, 0.6) is 0 Å². The molecule has 2 N–H and O–H groups in total. The normalized spacial score (nSPS) is 26.9. The number of esters is 1. The molecule has 2 amide bonds. The summed E-state index contributed by atoms with van der Waals surface area (Å²) < 4.78 is 4.73. The summed E-state index contributed by atoms with van der Waals surface area (Å²) in [6.07, 6.45) is 2.94. The fourth-order valence-electron chi connectivity index (χ4n) is 2.90. The van der Waals surface area contributed by atoms with E-state index in [9.17, 15) is 19.2 Å². The van der Waals surface area contributed by atoms with Crippen molar-refractivity contribution >= 4 is 23.6 Å². The van der Waals surface area contributed by atoms with Gasteiger partial charge in [0.15, 0.2) is 0 Å². The highest BCUT2D eigenvalue weighted by atomic mass is 16.5. The fraction of sp³-hybridized carbons (Fsp3) is 0.714. The van der Waals surface area contributed by atoms with E-state index in [0.717, 1.165) is 0 Å². The lowest BCUT2D eigenvalue weighted by Gasteiger charge is -2.29. The lowest BCUT2D eigenvalue weighted by Crippen LogP contribution is -2.52. The van der Waals surface area contributed by atoms with Crippen molar-refractivity contribution in [3.63, 3.8) is 0 Å². The maximum atomic E-state index is 12.1. The highest BCUT2D eigenvalue weighted by Gasteiger charge is 2.36. The topological polar surface area (TPSA) is 102 Å². The molecule has 116 valence electrons. The Balaban J connectivity index is 2.02. The Bertz CT molecular complexity index is 462. The highest BCUT2D eigenvalue weighted by molar-refractivity contribution is 5.93. The number of ketones is 1. The minimum atomic E-state index is -0.829. The summed E-state index contributed by atoms with van der Waals surface area (Å²) in [5.74, 6) is -1.25. The van der Waals surface area contributed by atoms with Gasteiger partial charge in [0, 0.05) is 19.3 Å². The van der Waals surface area contributed by atoms with Gasteiger partial charge in [-0.3, -0.25) is 14.4 Å². The quantitative estimate of drug-likeness (QED) is 0.692. The Morgan fingerprint density at radius 1 is 1.29 bits per heavy atom. The zero-order valence-electron chi connectivity index (χ0n) is 12.0. The predicted molar refractivity (Wildman–Crippen MR) is 72.1 cm³/mol. The molecule has 1 aliphatic carbocycles. The van der Waals surface area contributed by atoms with Crippen molar-refractivity contribution in [2.75, 3.05) is 7.11 Å². The monoisotopic (exact) mass is 296 g/mol. The molecule has 2 rings (SSSR count). The minimum Gasteiger partial charge on any atom is -0.467 e. The van der Waals surface area contributed by atoms with E-state index in [2.05, 4.69) is 10.6 Å². The van der Waals surface area contributed by atoms with Crippen molar-refractivity contribution in [2.24, 2.45) is 5.92 Å². The summed E-state index contributed by atoms with van der Waals surface area (Å²) in [6.45, 7) is 0. The Hall–Kier alpha value is -1.92. The van der Waals surface area contributed by atoms with Crippen molar-refractivity contribution in [1.82, 2.24) is 10.6 Å². The van der Waals surface area contributed by atoms with Gasteiger partial charge in [-0.1, -0.05) is 0 Å². The summed E-state index contributed by atoms with van der Waals surface area (Å²) in [4.78, 5) is 46.7. The molecule has 0 radical (unpaired) electrons. The molecule has 1 saturated heterocycles. The molecule has 2 fully saturated rings. The van der Waals surface area contributed by atoms with Crippen LogP contribution in [0.15, 0.2) is 0 Å². The number of amides is 2. The van der Waals surface area contributed by atoms with Crippen molar-refractivity contribution in [2.45, 2.75) is 50.6 Å². The first-order valence-corrected chi connectivity index (χ1v) is 7.20. The standard InChI is InChI=1S/C14H20N2O5/c1-21-14(20)12(8-3-2-4-9(17)7-8)16-13(19)10-5-6-11(18)15-10/h8,10,12H,2-7H2,1H3,(H,15,18)(H,16,19)/t8-,10+,12+/m0/s1. The van der Waals surface area contributed by atoms with Crippen molar-refractivity contribution in [1.29, 1.82) is 0 Å². The van der Waals surface area contributed by atoms with Crippen LogP contribution in [0.2, 0.25) is 0 Å². The molecule has 7 nitrogen and oxygen atoms in total. The Morgan fingerprint density at radius 2 is 2.05 bits per heavy atom. The van der Waals surface area contributed by atoms with E-state index in [1.165, 1.54) is 7.11 Å². The second-order valence-electron chi connectivity index (χ2n) is 5.56. The SMILES string of the molecule is COC(=O)[C@H](NC(=O)[C@H]1CCC(=O)N1)[C@H]1CCCC(=O)C1. The fourth-order valence-corrected chi connectivity index (χ4v) is 2.90. The maximum Gasteiger partial charge on any atom is 0.328 e. The van der Waals surface area contributed by atoms with Gasteiger partial charge in [-0.15, -0.1) is 0 Å². The highest BCUT2D eigenvalue weighted by Crippen LogP contribution is 2.25. The van der Waals surface area contributed by atoms with E-state index in [4.69, 9.17) is 4.74 Å². The number of hydrogen-bond acceptors (Lipinski definition) is 5. The molecule has 3 atom stereocenters. The number of nitrogens with one attached hydrogen (secondary N) is 2. The molecule has 1 heterocycles. The van der Waals surface area contributed by atoms with Crippen LogP contribution < -0.4 is 10.6 Å². The second-order valence-corrected chi connectivity index (χ2v) is 5.56. The van der Waals surface area contributed by atoms with Gasteiger partial charge in [0.05, 0.1) is 7.11 Å². The van der Waals surface area contributed by atoms with E-state index in [-0.39, 0.29) is 24.0 Å². The van der Waals surface area contributed by atoms with Gasteiger partial charge in [-0.05, 0) is 25.2 Å². The minimum absolute atomic E-state index is 0.101. The summed E-state index contributed by atoms with van der Waals surface area (Å²) in [6, 6.07) is -1.44. The Labute approximate surface area is 122 Å². The zero-order chi connectivity index (χ0) is 15.4. The number of carbonyl (C=O) groups excluding carboxylic acids is 4. The molecular formula is C14H20N2O5. The maximum absolute atomic E-state index is 12.1. The van der Waals surface area contributed by atoms with Gasteiger partial charge in [0.2, 0.25) is 11.8 Å². The first-order valence-electron chi connectivity index (χ1n) is 7.20. The average Bonchev–Trinajstić information content (AvgIpc) is 2.90. The van der Waals surface area contributed by atoms with Crippen LogP contribution in [-0.4, -0.2) is 42.8 Å². The number of ether oxygens (including phenoxy) is 1. The van der Waals surface area contributed by atoms with E-state index < -0.39 is 24.0 Å². The van der Waals surface area contributed by atoms with Crippen LogP contribution in [0.25, 0.3) is 0 Å². The zero-order valence-corrected chi connectivity index (χ0v) is 12.0. The molecule has 0 unspecified atom stereocenters. The lowest BCUT2D eigenvalue weighted by atomic mass is 9.83. The Kier molecular flexibility index (Phi) is 4.93. The van der Waals surface area contributed by atoms with E-state index in [1.54, 1.807) is 0 Å². The molecule has 0 spiro atoms. The molecular weight excluding hydrogens is 276 g/mol. The first-order chi connectivity index (χ1) is 10.0. The number of carbonyl (C=O) groups is 4. The van der Waals surface area contributed by atoms with Crippen LogP contribution in [0.4, 0.5) is 0 Å². The molecule has 0 bridgehead atoms. The second kappa shape index (κ2) is 6.69. The molecule has 1 aliphatic heterocycles. The molecule has 1 saturated carbocycles. The third-order valence-corrected chi connectivity index (χ3v) is 4.06. The average molecular weight is 296 g/mol. The van der Waals surface area contributed by atoms with Gasteiger partial charge in [0.25, 0.3) is 0 Å². The van der Waals surface area contributed by atoms with Crippen LogP contribution >= 0.6 is 0 Å². The van der Waals surface area contributed by atoms with Crippen LogP contribution in [0.1, 0.15) is 38.5 Å². The van der Waals surface area contributed by atoms with Crippen LogP contribution in [0, 0.1) is 5.92 Å². The molecule has 0 aromatic carbocycles. The van der Waals surface area contributed by atoms with Gasteiger partial charge in [-0.25, -0.2) is 4.79 Å². The van der Waals surface area contributed by atoms with Crippen molar-refractivity contribution < 1.29 is 23.9 Å². The third kappa shape index (κ3) is 3.80. The summed E-state index contributed by atoms with van der Waals surface area (Å²) in [7, 11) is 1.25. The molecule has 0 aromatic heterocycles. The van der Waals surface area contributed by atoms with Crippen LogP contribution in [-0.2, 0) is 23.9 Å². The van der Waals surface area contributed by atoms with E-state index in [1.807, 2.05) is 0 Å². The molecule has 0 aromatic rings. The van der Waals surface area contributed by atoms with E-state index >= 15 is 0 Å². The predicted octanol–water partition coefficient (Wildman–Crippen LogP) is -0.318. The van der Waals surface area contributed by atoms with Crippen molar-refractivity contribution in [3.05, 3.63) is 0 Å². The lowest BCUT2D eigenvalue weighted by molar-refractivity contribution is -0.147. The summed E-state index contributed by atoms with van der Waals surface area (Å²) >= 11 is 0. The summed E-state index contributed by atoms with van der Waals surface area (Å²) in [5.41, 5.74) is 0. The summed E-state index contributed by atoms with van der Waals surface area (Å²) in [5, 5.41) is 5.20. The van der Waals surface area contributed by atoms with Gasteiger partial charge in [-0.2, -0.15) is 0 Å². The van der Waals surface area contributed by atoms with Gasteiger partial charge in [0.1, 0.15) is 17.9 Å². The largest absolute Gasteiger partial charge is 0.467 e. The number of rotatable bonds is 4. The van der Waals surface area contributed by atoms with Crippen LogP contribution in [0.3, 0.4) is 0 Å². The first kappa shape index (κ1) is 15.5. The van der Waals surface area contributed by atoms with Gasteiger partial charge < -0.3 is 15.4 Å². The van der Waals surface area contributed by atoms with E-state index in [0.29, 0.717) is 32.1 Å². The van der Waals surface area contributed by atoms with Gasteiger partial charge >= 0.3 is 5.97 Å². The number of methoxy groups -OCH3 is 1. The number of Topliss-reactive ketones (excluding diaryl/α,β-unsaturated/α-hetero) is 1. The molecule has 7 heteroatoms. The Morgan fingerprint density at radius 3 is 2.62 bits per heavy atom. The smallest absolute Gasteiger partial charge is 0.328 e. The molecule has 21 heavy (non-hydrogen) atoms. The molecule has 2 aliphatic rings. The third-order valence-electron chi connectivity index (χ3n) is 4.06. The van der Waals surface area contributed by atoms with Crippen molar-refractivity contribution in [3.8, 4) is 0 Å². The number of hydrogen-bond donors (Lipinski definition) is 2.